The first-order chi connectivity index (χ1) is 27.5. The number of hydroxylamine groups is 4. The van der Waals surface area contributed by atoms with E-state index in [1.807, 2.05) is 38.7 Å². The molecule has 1 saturated heterocycles. The maximum atomic E-state index is 13.6. The predicted octanol–water partition coefficient (Wildman–Crippen LogP) is 3.12. The molecule has 320 valence electrons. The zero-order chi connectivity index (χ0) is 43.5. The summed E-state index contributed by atoms with van der Waals surface area (Å²) in [5.74, 6) is -3.83. The summed E-state index contributed by atoms with van der Waals surface area (Å²) in [5, 5.41) is 10.4. The molecule has 4 aliphatic rings. The summed E-state index contributed by atoms with van der Waals surface area (Å²) in [6, 6.07) is 5.06. The lowest BCUT2D eigenvalue weighted by atomic mass is 9.78. The fraction of sp³-hybridized carbons (Fsp3) is 0.447. The average Bonchev–Trinajstić information content (AvgIpc) is 3.69. The van der Waals surface area contributed by atoms with E-state index in [1.54, 1.807) is 53.5 Å². The standard InChI is InChI=1S/C38H47N5O14S2/c1-37(2)28-21-25(36(47)40(5)55-24-34(46)56-43-32(44)15-16-33(43)45)23-41(17-9-19-58(49,50)51)35(28)39-30(37)11-7-6-8-12-31-38(3,4)27-22-26(57-48)13-14-29(27)42(31)18-10-20-59(52,53)54/h6-8,11-14,21-23,35,48H,9-10,15-20,24H2,1-5H3,(H,49,50,51)(H,52,53,54)/b8-6+,11-7+,31-12+. The molecule has 0 spiro atoms. The van der Waals surface area contributed by atoms with Crippen molar-refractivity contribution in [2.45, 2.75) is 65.0 Å². The third-order valence-electron chi connectivity index (χ3n) is 10.2. The summed E-state index contributed by atoms with van der Waals surface area (Å²) in [6.45, 7) is 7.33. The van der Waals surface area contributed by atoms with Crippen molar-refractivity contribution in [1.29, 1.82) is 0 Å². The van der Waals surface area contributed by atoms with E-state index >= 15 is 0 Å². The van der Waals surface area contributed by atoms with Gasteiger partial charge in [-0.15, -0.1) is 5.06 Å². The number of likely N-dealkylation sites (N-methyl/N-ethyl adjacent to an activating group) is 1. The minimum absolute atomic E-state index is 0.00656. The van der Waals surface area contributed by atoms with Crippen LogP contribution in [0.1, 0.15) is 58.9 Å². The van der Waals surface area contributed by atoms with Crippen molar-refractivity contribution >= 4 is 55.3 Å². The van der Waals surface area contributed by atoms with Gasteiger partial charge in [-0.1, -0.05) is 45.9 Å². The van der Waals surface area contributed by atoms with E-state index in [4.69, 9.17) is 14.7 Å². The minimum Gasteiger partial charge on any atom is -0.352 e. The molecule has 4 heterocycles. The molecule has 3 N–H and O–H groups in total. The Hall–Kier alpha value is -5.19. The average molecular weight is 862 g/mol. The second-order valence-corrected chi connectivity index (χ2v) is 18.3. The molecule has 0 aliphatic carbocycles. The van der Waals surface area contributed by atoms with Crippen molar-refractivity contribution in [3.63, 3.8) is 0 Å². The van der Waals surface area contributed by atoms with Crippen molar-refractivity contribution in [1.82, 2.24) is 15.0 Å². The number of fused-ring (bicyclic) bond motifs is 2. The Morgan fingerprint density at radius 2 is 1.59 bits per heavy atom. The molecule has 1 atom stereocenters. The van der Waals surface area contributed by atoms with E-state index in [9.17, 15) is 50.4 Å². The summed E-state index contributed by atoms with van der Waals surface area (Å²) in [7, 11) is -7.19. The Balaban J connectivity index is 1.34. The highest BCUT2D eigenvalue weighted by atomic mass is 32.2. The number of benzene rings is 1. The Morgan fingerprint density at radius 1 is 0.949 bits per heavy atom. The summed E-state index contributed by atoms with van der Waals surface area (Å²) in [5.41, 5.74) is 2.54. The number of aliphatic imine (C=N–C) groups is 1. The van der Waals surface area contributed by atoms with Gasteiger partial charge in [-0.05, 0) is 60.4 Å². The van der Waals surface area contributed by atoms with Crippen LogP contribution in [0.2, 0.25) is 0 Å². The lowest BCUT2D eigenvalue weighted by Gasteiger charge is -2.34. The molecule has 1 unspecified atom stereocenters. The Bertz CT molecular complexity index is 2280. The molecule has 1 fully saturated rings. The van der Waals surface area contributed by atoms with Crippen LogP contribution in [0.25, 0.3) is 0 Å². The number of carbonyl (C=O) groups is 4. The zero-order valence-corrected chi connectivity index (χ0v) is 34.7. The highest BCUT2D eigenvalue weighted by Gasteiger charge is 2.44. The number of hydrogen-bond donors (Lipinski definition) is 3. The predicted molar refractivity (Wildman–Crippen MR) is 212 cm³/mol. The van der Waals surface area contributed by atoms with Crippen molar-refractivity contribution in [3.05, 3.63) is 83.3 Å². The normalized spacial score (nSPS) is 20.6. The molecule has 59 heavy (non-hydrogen) atoms. The van der Waals surface area contributed by atoms with Gasteiger partial charge in [0, 0.05) is 67.1 Å². The van der Waals surface area contributed by atoms with Crippen molar-refractivity contribution < 1.29 is 64.9 Å². The summed E-state index contributed by atoms with van der Waals surface area (Å²) in [6.07, 6.45) is 11.5. The molecule has 0 saturated carbocycles. The largest absolute Gasteiger partial charge is 0.361 e. The number of allylic oxidation sites excluding steroid dienone is 6. The van der Waals surface area contributed by atoms with Crippen LogP contribution in [-0.4, -0.2) is 120 Å². The monoisotopic (exact) mass is 861 g/mol. The molecular weight excluding hydrogens is 815 g/mol. The quantitative estimate of drug-likeness (QED) is 0.0669. The van der Waals surface area contributed by atoms with Crippen LogP contribution in [0, 0.1) is 5.41 Å². The fourth-order valence-electron chi connectivity index (χ4n) is 7.17. The van der Waals surface area contributed by atoms with E-state index in [0.717, 1.165) is 22.0 Å². The molecule has 0 bridgehead atoms. The molecule has 0 radical (unpaired) electrons. The van der Waals surface area contributed by atoms with E-state index < -0.39 is 79.0 Å². The van der Waals surface area contributed by atoms with Gasteiger partial charge in [-0.2, -0.15) is 16.8 Å². The summed E-state index contributed by atoms with van der Waals surface area (Å²) in [4.78, 5) is 72.5. The summed E-state index contributed by atoms with van der Waals surface area (Å²) >= 11 is 0. The number of hydrogen-bond acceptors (Lipinski definition) is 15. The number of anilines is 1. The fourth-order valence-corrected chi connectivity index (χ4v) is 8.16. The number of carbonyl (C=O) groups excluding carboxylic acids is 4. The SMILES string of the molecule is CN(OCC(=O)ON1C(=O)CCC1=O)C(=O)C1=CN(CCCS(=O)(=O)O)C2N=C(/C=C/C=C/C=C3/N(CCCS(=O)(=O)O)c4ccc(OO)cc4C3(C)C)C(C)(C)C2=C1. The van der Waals surface area contributed by atoms with E-state index in [0.29, 0.717) is 16.3 Å². The second-order valence-electron chi connectivity index (χ2n) is 15.2. The first-order valence-electron chi connectivity index (χ1n) is 18.5. The van der Waals surface area contributed by atoms with Gasteiger partial charge in [0.2, 0.25) is 0 Å². The van der Waals surface area contributed by atoms with Gasteiger partial charge < -0.3 is 19.5 Å². The Labute approximate surface area is 341 Å². The van der Waals surface area contributed by atoms with Crippen LogP contribution in [0.15, 0.2) is 82.7 Å². The van der Waals surface area contributed by atoms with Gasteiger partial charge in [0.1, 0.15) is 6.17 Å². The number of rotatable bonds is 17. The van der Waals surface area contributed by atoms with Gasteiger partial charge >= 0.3 is 5.97 Å². The van der Waals surface area contributed by atoms with E-state index in [1.165, 1.54) is 13.2 Å². The van der Waals surface area contributed by atoms with Crippen LogP contribution < -0.4 is 9.79 Å². The van der Waals surface area contributed by atoms with Gasteiger partial charge in [0.15, 0.2) is 12.4 Å². The van der Waals surface area contributed by atoms with Gasteiger partial charge in [-0.3, -0.25) is 33.3 Å². The Kier molecular flexibility index (Phi) is 13.4. The number of imide groups is 1. The second kappa shape index (κ2) is 17.6. The number of nitrogens with zero attached hydrogens (tertiary/aromatic N) is 5. The molecule has 0 aromatic heterocycles. The molecular formula is C38H47N5O14S2. The molecule has 5 rings (SSSR count). The van der Waals surface area contributed by atoms with E-state index in [2.05, 4.69) is 4.89 Å². The van der Waals surface area contributed by atoms with Crippen molar-refractivity contribution in [2.75, 3.05) is 43.1 Å². The third kappa shape index (κ3) is 10.5. The minimum atomic E-state index is -4.28. The maximum Gasteiger partial charge on any atom is 0.361 e. The number of amides is 3. The van der Waals surface area contributed by atoms with Crippen molar-refractivity contribution in [3.8, 4) is 5.75 Å². The topological polar surface area (TPSA) is 250 Å². The lowest BCUT2D eigenvalue weighted by molar-refractivity contribution is -0.211. The van der Waals surface area contributed by atoms with Crippen LogP contribution in [-0.2, 0) is 54.5 Å². The highest BCUT2D eigenvalue weighted by molar-refractivity contribution is 7.86. The van der Waals surface area contributed by atoms with Crippen LogP contribution in [0.3, 0.4) is 0 Å². The lowest BCUT2D eigenvalue weighted by Crippen LogP contribution is -2.39. The first kappa shape index (κ1) is 44.9. The van der Waals surface area contributed by atoms with Crippen molar-refractivity contribution in [2.24, 2.45) is 10.4 Å². The Morgan fingerprint density at radius 3 is 2.22 bits per heavy atom. The van der Waals surface area contributed by atoms with Crippen LogP contribution in [0.4, 0.5) is 5.69 Å². The molecule has 1 aromatic carbocycles. The third-order valence-corrected chi connectivity index (χ3v) is 11.9. The van der Waals surface area contributed by atoms with Gasteiger partial charge in [0.05, 0.1) is 17.1 Å². The van der Waals surface area contributed by atoms with Gasteiger partial charge in [0.25, 0.3) is 38.0 Å². The molecule has 3 amide bonds. The van der Waals surface area contributed by atoms with Crippen LogP contribution >= 0.6 is 0 Å². The maximum absolute atomic E-state index is 13.6. The first-order valence-corrected chi connectivity index (χ1v) is 21.7. The smallest absolute Gasteiger partial charge is 0.352 e. The van der Waals surface area contributed by atoms with E-state index in [-0.39, 0.29) is 50.1 Å². The molecule has 19 nitrogen and oxygen atoms in total. The molecule has 4 aliphatic heterocycles. The van der Waals surface area contributed by atoms with Crippen LogP contribution in [0.5, 0.6) is 5.75 Å². The zero-order valence-electron chi connectivity index (χ0n) is 33.1. The molecule has 1 aromatic rings. The van der Waals surface area contributed by atoms with Gasteiger partial charge in [-0.25, -0.2) is 15.1 Å². The summed E-state index contributed by atoms with van der Waals surface area (Å²) < 4.78 is 64.6. The highest BCUT2D eigenvalue weighted by Crippen LogP contribution is 2.49. The molecule has 21 heteroatoms.